The largest absolute Gasteiger partial charge is 0.496 e. The van der Waals surface area contributed by atoms with Crippen molar-refractivity contribution in [3.63, 3.8) is 0 Å². The molecule has 0 aliphatic heterocycles. The van der Waals surface area contributed by atoms with Gasteiger partial charge in [0.2, 0.25) is 0 Å². The van der Waals surface area contributed by atoms with Crippen LogP contribution >= 0.6 is 34.8 Å². The van der Waals surface area contributed by atoms with Crippen molar-refractivity contribution < 1.29 is 28.8 Å². The summed E-state index contributed by atoms with van der Waals surface area (Å²) >= 11 is 18.8. The summed E-state index contributed by atoms with van der Waals surface area (Å²) in [5.74, 6) is -0.768. The average Bonchev–Trinajstić information content (AvgIpc) is 3.32. The number of benzene rings is 3. The van der Waals surface area contributed by atoms with Gasteiger partial charge in [0.15, 0.2) is 11.5 Å². The van der Waals surface area contributed by atoms with Crippen molar-refractivity contribution in [2.45, 2.75) is 13.3 Å². The van der Waals surface area contributed by atoms with E-state index in [9.17, 15) is 9.59 Å². The van der Waals surface area contributed by atoms with Gasteiger partial charge < -0.3 is 19.2 Å². The van der Waals surface area contributed by atoms with Gasteiger partial charge in [-0.25, -0.2) is 0 Å². The Kier molecular flexibility index (Phi) is 8.46. The van der Waals surface area contributed by atoms with E-state index >= 15 is 0 Å². The fourth-order valence-corrected chi connectivity index (χ4v) is 4.50. The number of ether oxygens (including phenoxy) is 1. The number of amides is 1. The Bertz CT molecular complexity index is 1500. The number of aliphatic carboxylic acids is 1. The molecule has 0 saturated heterocycles. The van der Waals surface area contributed by atoms with E-state index < -0.39 is 11.9 Å². The third-order valence-corrected chi connectivity index (χ3v) is 6.36. The first-order valence-corrected chi connectivity index (χ1v) is 12.4. The molecule has 0 atom stereocenters. The van der Waals surface area contributed by atoms with E-state index in [-0.39, 0.29) is 45.8 Å². The topological polar surface area (TPSA) is 102 Å². The van der Waals surface area contributed by atoms with Crippen LogP contribution in [0.3, 0.4) is 0 Å². The molecule has 1 amide bonds. The highest BCUT2D eigenvalue weighted by Gasteiger charge is 2.32. The summed E-state index contributed by atoms with van der Waals surface area (Å²) in [6, 6.07) is 16.3. The number of carboxylic acids is 1. The number of hydroxylamine groups is 2. The number of nitrogens with zero attached hydrogens (tertiary/aromatic N) is 2. The Morgan fingerprint density at radius 3 is 2.39 bits per heavy atom. The lowest BCUT2D eigenvalue weighted by Crippen LogP contribution is -2.34. The smallest absolute Gasteiger partial charge is 0.307 e. The van der Waals surface area contributed by atoms with Crippen LogP contribution in [0.2, 0.25) is 15.1 Å². The standard InChI is InChI=1S/C27H21Cl3N2O6/c1-3-32(38-22-11-9-16(28)14-20(22)30)27(35)24-25(17-10-8-15(12-19(17)29)13-23(33)34)31-37-26(24)18-6-4-5-7-21(18)36-2/h4-12,14H,3,13H2,1-2H3,(H,33,34). The van der Waals surface area contributed by atoms with Crippen molar-refractivity contribution in [2.24, 2.45) is 0 Å². The summed E-state index contributed by atoms with van der Waals surface area (Å²) < 4.78 is 11.2. The minimum absolute atomic E-state index is 0.0642. The van der Waals surface area contributed by atoms with Gasteiger partial charge in [-0.15, -0.1) is 0 Å². The molecule has 0 bridgehead atoms. The Morgan fingerprint density at radius 2 is 1.74 bits per heavy atom. The number of carbonyl (C=O) groups is 2. The van der Waals surface area contributed by atoms with Crippen molar-refractivity contribution >= 4 is 46.7 Å². The summed E-state index contributed by atoms with van der Waals surface area (Å²) in [6.45, 7) is 1.87. The molecule has 0 fully saturated rings. The number of aromatic nitrogens is 1. The molecule has 1 N–H and O–H groups in total. The zero-order chi connectivity index (χ0) is 27.4. The number of carboxylic acid groups (broad SMARTS) is 1. The summed E-state index contributed by atoms with van der Waals surface area (Å²) in [5.41, 5.74) is 1.55. The zero-order valence-electron chi connectivity index (χ0n) is 20.2. The van der Waals surface area contributed by atoms with Gasteiger partial charge in [0.25, 0.3) is 5.91 Å². The molecular weight excluding hydrogens is 555 g/mol. The van der Waals surface area contributed by atoms with Crippen molar-refractivity contribution in [3.8, 4) is 34.1 Å². The number of hydrogen-bond acceptors (Lipinski definition) is 6. The van der Waals surface area contributed by atoms with Crippen LogP contribution in [0.4, 0.5) is 0 Å². The summed E-state index contributed by atoms with van der Waals surface area (Å²) in [7, 11) is 1.50. The van der Waals surface area contributed by atoms with Gasteiger partial charge in [-0.2, -0.15) is 5.06 Å². The Balaban J connectivity index is 1.85. The van der Waals surface area contributed by atoms with Crippen LogP contribution in [0.5, 0.6) is 11.5 Å². The minimum Gasteiger partial charge on any atom is -0.496 e. The highest BCUT2D eigenvalue weighted by molar-refractivity contribution is 6.35. The van der Waals surface area contributed by atoms with Gasteiger partial charge >= 0.3 is 5.97 Å². The minimum atomic E-state index is -0.999. The van der Waals surface area contributed by atoms with Crippen LogP contribution in [-0.2, 0) is 11.2 Å². The number of para-hydroxylation sites is 1. The molecular formula is C27H21Cl3N2O6. The molecule has 0 saturated carbocycles. The third kappa shape index (κ3) is 5.72. The molecule has 0 spiro atoms. The van der Waals surface area contributed by atoms with Gasteiger partial charge in [-0.3, -0.25) is 9.59 Å². The predicted octanol–water partition coefficient (Wildman–Crippen LogP) is 7.06. The second-order valence-corrected chi connectivity index (χ2v) is 9.24. The van der Waals surface area contributed by atoms with Gasteiger partial charge in [0.1, 0.15) is 17.0 Å². The maximum atomic E-state index is 14.0. The van der Waals surface area contributed by atoms with E-state index in [1.165, 1.54) is 19.2 Å². The molecule has 0 aliphatic rings. The second-order valence-electron chi connectivity index (χ2n) is 7.99. The molecule has 0 unspecified atom stereocenters. The Hall–Kier alpha value is -3.72. The van der Waals surface area contributed by atoms with Crippen molar-refractivity contribution in [1.82, 2.24) is 10.2 Å². The van der Waals surface area contributed by atoms with Crippen molar-refractivity contribution in [2.75, 3.05) is 13.7 Å². The monoisotopic (exact) mass is 574 g/mol. The SMILES string of the molecule is CCN(Oc1ccc(Cl)cc1Cl)C(=O)c1c(-c2ccc(CC(=O)O)cc2Cl)noc1-c1ccccc1OC. The fourth-order valence-electron chi connectivity index (χ4n) is 3.77. The van der Waals surface area contributed by atoms with Crippen LogP contribution in [0.15, 0.2) is 65.2 Å². The first kappa shape index (κ1) is 27.3. The molecule has 0 radical (unpaired) electrons. The van der Waals surface area contributed by atoms with Gasteiger partial charge in [-0.05, 0) is 48.9 Å². The fraction of sp³-hybridized carbons (Fsp3) is 0.148. The van der Waals surface area contributed by atoms with Crippen LogP contribution in [0.1, 0.15) is 22.8 Å². The molecule has 0 aliphatic carbocycles. The maximum Gasteiger partial charge on any atom is 0.307 e. The van der Waals surface area contributed by atoms with Crippen LogP contribution in [0.25, 0.3) is 22.6 Å². The first-order valence-electron chi connectivity index (χ1n) is 11.3. The Morgan fingerprint density at radius 1 is 0.974 bits per heavy atom. The molecule has 196 valence electrons. The molecule has 1 heterocycles. The summed E-state index contributed by atoms with van der Waals surface area (Å²) in [4.78, 5) is 31.0. The summed E-state index contributed by atoms with van der Waals surface area (Å²) in [5, 5.41) is 15.2. The van der Waals surface area contributed by atoms with Gasteiger partial charge in [0, 0.05) is 10.6 Å². The van der Waals surface area contributed by atoms with Crippen LogP contribution in [0, 0.1) is 0 Å². The van der Waals surface area contributed by atoms with Crippen molar-refractivity contribution in [3.05, 3.63) is 86.9 Å². The van der Waals surface area contributed by atoms with Gasteiger partial charge in [-0.1, -0.05) is 64.2 Å². The summed E-state index contributed by atoms with van der Waals surface area (Å²) in [6.07, 6.45) is -0.212. The molecule has 3 aromatic carbocycles. The first-order chi connectivity index (χ1) is 18.2. The second kappa shape index (κ2) is 11.8. The highest BCUT2D eigenvalue weighted by atomic mass is 35.5. The van der Waals surface area contributed by atoms with E-state index in [1.807, 2.05) is 0 Å². The number of methoxy groups -OCH3 is 1. The average molecular weight is 576 g/mol. The lowest BCUT2D eigenvalue weighted by atomic mass is 9.99. The van der Waals surface area contributed by atoms with E-state index in [2.05, 4.69) is 5.16 Å². The van der Waals surface area contributed by atoms with E-state index in [0.29, 0.717) is 27.5 Å². The normalized spacial score (nSPS) is 10.8. The molecule has 38 heavy (non-hydrogen) atoms. The van der Waals surface area contributed by atoms with Crippen molar-refractivity contribution in [1.29, 1.82) is 0 Å². The third-order valence-electron chi connectivity index (χ3n) is 5.52. The van der Waals surface area contributed by atoms with Gasteiger partial charge in [0.05, 0.1) is 35.7 Å². The molecule has 4 aromatic rings. The molecule has 8 nitrogen and oxygen atoms in total. The molecule has 1 aromatic heterocycles. The number of carbonyl (C=O) groups excluding carboxylic acids is 1. The van der Waals surface area contributed by atoms with Crippen LogP contribution < -0.4 is 9.57 Å². The lowest BCUT2D eigenvalue weighted by molar-refractivity contribution is -0.136. The number of rotatable bonds is 9. The lowest BCUT2D eigenvalue weighted by Gasteiger charge is -2.22. The van der Waals surface area contributed by atoms with Crippen LogP contribution in [-0.4, -0.2) is 40.9 Å². The molecule has 4 rings (SSSR count). The predicted molar refractivity (Wildman–Crippen MR) is 144 cm³/mol. The Labute approximate surface area is 233 Å². The van der Waals surface area contributed by atoms with E-state index in [0.717, 1.165) is 5.06 Å². The molecule has 11 heteroatoms. The zero-order valence-corrected chi connectivity index (χ0v) is 22.5. The highest BCUT2D eigenvalue weighted by Crippen LogP contribution is 2.40. The number of hydrogen-bond donors (Lipinski definition) is 1. The quantitative estimate of drug-likeness (QED) is 0.213. The number of halogens is 3. The van der Waals surface area contributed by atoms with E-state index in [4.69, 9.17) is 54.0 Å². The van der Waals surface area contributed by atoms with E-state index in [1.54, 1.807) is 55.5 Å². The maximum absolute atomic E-state index is 14.0.